The van der Waals surface area contributed by atoms with Crippen molar-refractivity contribution in [3.63, 3.8) is 0 Å². The lowest BCUT2D eigenvalue weighted by Gasteiger charge is -2.18. The summed E-state index contributed by atoms with van der Waals surface area (Å²) in [5.74, 6) is -0.219. The van der Waals surface area contributed by atoms with Crippen LogP contribution in [0, 0.1) is 24.0 Å². The molecule has 1 aromatic carbocycles. The first-order chi connectivity index (χ1) is 14.6. The zero-order chi connectivity index (χ0) is 23.1. The number of nitro benzene ring substituents is 1. The van der Waals surface area contributed by atoms with Crippen molar-refractivity contribution in [3.05, 3.63) is 45.8 Å². The van der Waals surface area contributed by atoms with Gasteiger partial charge in [0.15, 0.2) is 11.5 Å². The summed E-state index contributed by atoms with van der Waals surface area (Å²) in [5.41, 5.74) is 0.588. The predicted molar refractivity (Wildman–Crippen MR) is 107 cm³/mol. The molecule has 0 unspecified atom stereocenters. The van der Waals surface area contributed by atoms with Gasteiger partial charge in [-0.3, -0.25) is 15.1 Å². The SMILES string of the molecule is Cc1nc(C)c(OC(=O)OC(C)C)c(-c2cccc([N+](=O)[O-])c2)c1OC(=O)OCCO. The van der Waals surface area contributed by atoms with E-state index in [2.05, 4.69) is 4.98 Å². The molecule has 0 aliphatic rings. The van der Waals surface area contributed by atoms with Crippen molar-refractivity contribution in [1.29, 1.82) is 0 Å². The first kappa shape index (κ1) is 23.5. The number of nitrogens with zero attached hydrogens (tertiary/aromatic N) is 2. The number of benzene rings is 1. The Labute approximate surface area is 177 Å². The van der Waals surface area contributed by atoms with Crippen molar-refractivity contribution < 1.29 is 38.6 Å². The topological polar surface area (TPSA) is 147 Å². The van der Waals surface area contributed by atoms with Crippen molar-refractivity contribution in [2.75, 3.05) is 13.2 Å². The minimum Gasteiger partial charge on any atom is -0.432 e. The highest BCUT2D eigenvalue weighted by Gasteiger charge is 2.26. The summed E-state index contributed by atoms with van der Waals surface area (Å²) < 4.78 is 20.3. The smallest absolute Gasteiger partial charge is 0.432 e. The molecule has 0 aliphatic carbocycles. The lowest BCUT2D eigenvalue weighted by molar-refractivity contribution is -0.384. The van der Waals surface area contributed by atoms with E-state index in [1.165, 1.54) is 24.3 Å². The summed E-state index contributed by atoms with van der Waals surface area (Å²) in [6, 6.07) is 5.48. The van der Waals surface area contributed by atoms with Crippen LogP contribution in [0.2, 0.25) is 0 Å². The third-order valence-corrected chi connectivity index (χ3v) is 3.81. The lowest BCUT2D eigenvalue weighted by Crippen LogP contribution is -2.18. The van der Waals surface area contributed by atoms with Crippen LogP contribution >= 0.6 is 0 Å². The van der Waals surface area contributed by atoms with Gasteiger partial charge in [0.05, 0.1) is 34.6 Å². The van der Waals surface area contributed by atoms with Crippen molar-refractivity contribution in [1.82, 2.24) is 4.98 Å². The second-order valence-corrected chi connectivity index (χ2v) is 6.57. The fraction of sp³-hybridized carbons (Fsp3) is 0.350. The highest BCUT2D eigenvalue weighted by molar-refractivity contribution is 5.84. The van der Waals surface area contributed by atoms with Crippen LogP contribution in [0.5, 0.6) is 11.5 Å². The number of hydrogen-bond donors (Lipinski definition) is 1. The normalized spacial score (nSPS) is 10.5. The Morgan fingerprint density at radius 2 is 1.74 bits per heavy atom. The standard InChI is InChI=1S/C20H22N2O9/c1-11(2)29-20(25)31-18-13(4)21-12(3)17(30-19(24)28-9-8-23)16(18)14-6-5-7-15(10-14)22(26)27/h5-7,10-11,23H,8-9H2,1-4H3. The van der Waals surface area contributed by atoms with Crippen LogP contribution in [-0.2, 0) is 9.47 Å². The molecule has 0 spiro atoms. The number of carbonyl (C=O) groups is 2. The van der Waals surface area contributed by atoms with Gasteiger partial charge in [-0.2, -0.15) is 0 Å². The maximum absolute atomic E-state index is 12.2. The molecule has 2 rings (SSSR count). The molecule has 0 atom stereocenters. The van der Waals surface area contributed by atoms with Crippen LogP contribution in [0.25, 0.3) is 11.1 Å². The number of pyridine rings is 1. The zero-order valence-electron chi connectivity index (χ0n) is 17.4. The van der Waals surface area contributed by atoms with Gasteiger partial charge in [0.1, 0.15) is 6.61 Å². The van der Waals surface area contributed by atoms with E-state index in [1.807, 2.05) is 0 Å². The predicted octanol–water partition coefficient (Wildman–Crippen LogP) is 3.71. The summed E-state index contributed by atoms with van der Waals surface area (Å²) in [7, 11) is 0. The molecule has 1 N–H and O–H groups in total. The lowest BCUT2D eigenvalue weighted by atomic mass is 10.0. The summed E-state index contributed by atoms with van der Waals surface area (Å²) in [6.45, 7) is 5.66. The number of carbonyl (C=O) groups excluding carboxylic acids is 2. The molecule has 0 saturated carbocycles. The van der Waals surface area contributed by atoms with Crippen molar-refractivity contribution in [2.24, 2.45) is 0 Å². The number of nitro groups is 1. The Morgan fingerprint density at radius 1 is 1.13 bits per heavy atom. The molecular formula is C20H22N2O9. The van der Waals surface area contributed by atoms with E-state index >= 15 is 0 Å². The summed E-state index contributed by atoms with van der Waals surface area (Å²) >= 11 is 0. The summed E-state index contributed by atoms with van der Waals surface area (Å²) in [4.78, 5) is 39.1. The van der Waals surface area contributed by atoms with Gasteiger partial charge in [0, 0.05) is 12.1 Å². The Bertz CT molecular complexity index is 989. The Balaban J connectivity index is 2.67. The molecule has 11 heteroatoms. The highest BCUT2D eigenvalue weighted by atomic mass is 16.7. The molecule has 1 heterocycles. The zero-order valence-corrected chi connectivity index (χ0v) is 17.4. The van der Waals surface area contributed by atoms with Gasteiger partial charge < -0.3 is 24.1 Å². The monoisotopic (exact) mass is 434 g/mol. The summed E-state index contributed by atoms with van der Waals surface area (Å²) in [6.07, 6.45) is -2.62. The van der Waals surface area contributed by atoms with E-state index < -0.39 is 29.9 Å². The number of non-ortho nitro benzene ring substituents is 1. The third-order valence-electron chi connectivity index (χ3n) is 3.81. The van der Waals surface area contributed by atoms with Gasteiger partial charge in [-0.25, -0.2) is 9.59 Å². The van der Waals surface area contributed by atoms with E-state index in [-0.39, 0.29) is 46.3 Å². The van der Waals surface area contributed by atoms with Crippen LogP contribution in [0.3, 0.4) is 0 Å². The first-order valence-corrected chi connectivity index (χ1v) is 9.24. The molecule has 166 valence electrons. The van der Waals surface area contributed by atoms with E-state index in [9.17, 15) is 19.7 Å². The molecule has 0 amide bonds. The van der Waals surface area contributed by atoms with Crippen LogP contribution in [0.15, 0.2) is 24.3 Å². The maximum atomic E-state index is 12.2. The molecule has 0 fully saturated rings. The van der Waals surface area contributed by atoms with Gasteiger partial charge in [0.2, 0.25) is 0 Å². The second kappa shape index (κ2) is 10.3. The van der Waals surface area contributed by atoms with Gasteiger partial charge >= 0.3 is 12.3 Å². The number of ether oxygens (including phenoxy) is 4. The summed E-state index contributed by atoms with van der Waals surface area (Å²) in [5, 5.41) is 20.1. The number of hydrogen-bond acceptors (Lipinski definition) is 10. The van der Waals surface area contributed by atoms with Crippen LogP contribution in [0.4, 0.5) is 15.3 Å². The molecule has 11 nitrogen and oxygen atoms in total. The highest BCUT2D eigenvalue weighted by Crippen LogP contribution is 2.43. The Morgan fingerprint density at radius 3 is 2.29 bits per heavy atom. The van der Waals surface area contributed by atoms with Crippen LogP contribution in [-0.4, -0.2) is 46.6 Å². The molecular weight excluding hydrogens is 412 g/mol. The van der Waals surface area contributed by atoms with Gasteiger partial charge in [-0.05, 0) is 33.3 Å². The fourth-order valence-corrected chi connectivity index (χ4v) is 2.65. The number of aromatic nitrogens is 1. The van der Waals surface area contributed by atoms with Crippen molar-refractivity contribution in [3.8, 4) is 22.6 Å². The molecule has 0 aliphatic heterocycles. The average molecular weight is 434 g/mol. The van der Waals surface area contributed by atoms with E-state index in [0.29, 0.717) is 0 Å². The molecule has 2 aromatic rings. The minimum atomic E-state index is -1.13. The quantitative estimate of drug-likeness (QED) is 0.388. The number of aryl methyl sites for hydroxylation is 2. The van der Waals surface area contributed by atoms with Crippen molar-refractivity contribution >= 4 is 18.0 Å². The molecule has 0 bridgehead atoms. The van der Waals surface area contributed by atoms with Crippen LogP contribution < -0.4 is 9.47 Å². The molecule has 31 heavy (non-hydrogen) atoms. The molecule has 0 saturated heterocycles. The Kier molecular flexibility index (Phi) is 7.86. The number of rotatable bonds is 7. The van der Waals surface area contributed by atoms with E-state index in [4.69, 9.17) is 24.1 Å². The van der Waals surface area contributed by atoms with E-state index in [0.717, 1.165) is 0 Å². The van der Waals surface area contributed by atoms with Gasteiger partial charge in [-0.15, -0.1) is 0 Å². The minimum absolute atomic E-state index is 0.0790. The molecule has 0 radical (unpaired) electrons. The van der Waals surface area contributed by atoms with Gasteiger partial charge in [0.25, 0.3) is 5.69 Å². The first-order valence-electron chi connectivity index (χ1n) is 9.24. The Hall–Kier alpha value is -3.73. The fourth-order valence-electron chi connectivity index (χ4n) is 2.65. The largest absolute Gasteiger partial charge is 0.514 e. The maximum Gasteiger partial charge on any atom is 0.514 e. The second-order valence-electron chi connectivity index (χ2n) is 6.57. The number of aliphatic hydroxyl groups is 1. The van der Waals surface area contributed by atoms with Crippen LogP contribution in [0.1, 0.15) is 25.2 Å². The third kappa shape index (κ3) is 6.12. The molecule has 1 aromatic heterocycles. The van der Waals surface area contributed by atoms with Crippen molar-refractivity contribution in [2.45, 2.75) is 33.8 Å². The van der Waals surface area contributed by atoms with E-state index in [1.54, 1.807) is 27.7 Å². The number of aliphatic hydroxyl groups excluding tert-OH is 1. The average Bonchev–Trinajstić information content (AvgIpc) is 2.69. The van der Waals surface area contributed by atoms with Gasteiger partial charge in [-0.1, -0.05) is 12.1 Å².